The summed E-state index contributed by atoms with van der Waals surface area (Å²) in [7, 11) is 0. The van der Waals surface area contributed by atoms with E-state index in [1.165, 1.54) is 54.2 Å². The lowest BCUT2D eigenvalue weighted by Crippen LogP contribution is -1.83. The summed E-state index contributed by atoms with van der Waals surface area (Å²) >= 11 is 0. The van der Waals surface area contributed by atoms with Gasteiger partial charge in [0.1, 0.15) is 0 Å². The lowest BCUT2D eigenvalue weighted by molar-refractivity contribution is 1.27. The Morgan fingerprint density at radius 1 is 0.478 bits per heavy atom. The van der Waals surface area contributed by atoms with Gasteiger partial charge in [-0.25, -0.2) is 0 Å². The van der Waals surface area contributed by atoms with Gasteiger partial charge in [-0.3, -0.25) is 0 Å². The standard InChI is InChI=1S/C23H14/c1-2-6-15-13-21-19-10-4-8-17-11-16-7-3-9-18(22(16)23(17)19)20(21)12-14(15)5-1/h1-10,12-13H,11H2. The summed E-state index contributed by atoms with van der Waals surface area (Å²) in [6.45, 7) is 0. The zero-order valence-corrected chi connectivity index (χ0v) is 12.6. The van der Waals surface area contributed by atoms with E-state index in [1.807, 2.05) is 0 Å². The Morgan fingerprint density at radius 2 is 1.00 bits per heavy atom. The van der Waals surface area contributed by atoms with Crippen LogP contribution in [-0.2, 0) is 6.42 Å². The van der Waals surface area contributed by atoms with Crippen molar-refractivity contribution in [3.63, 3.8) is 0 Å². The van der Waals surface area contributed by atoms with Crippen molar-refractivity contribution in [2.75, 3.05) is 0 Å². The van der Waals surface area contributed by atoms with Crippen LogP contribution in [0.25, 0.3) is 43.1 Å². The predicted octanol–water partition coefficient (Wildman–Crippen LogP) is 6.20. The third-order valence-corrected chi connectivity index (χ3v) is 5.40. The van der Waals surface area contributed by atoms with Gasteiger partial charge in [-0.2, -0.15) is 0 Å². The number of hydrogen-bond donors (Lipinski definition) is 0. The van der Waals surface area contributed by atoms with Crippen LogP contribution in [-0.4, -0.2) is 0 Å². The highest BCUT2D eigenvalue weighted by Crippen LogP contribution is 2.43. The number of hydrogen-bond acceptors (Lipinski definition) is 0. The Kier molecular flexibility index (Phi) is 1.98. The second-order valence-corrected chi connectivity index (χ2v) is 6.60. The summed E-state index contributed by atoms with van der Waals surface area (Å²) in [5.74, 6) is 0. The van der Waals surface area contributed by atoms with Gasteiger partial charge >= 0.3 is 0 Å². The van der Waals surface area contributed by atoms with Gasteiger partial charge in [0.2, 0.25) is 0 Å². The minimum Gasteiger partial charge on any atom is -0.0616 e. The molecule has 106 valence electrons. The van der Waals surface area contributed by atoms with Crippen molar-refractivity contribution in [2.45, 2.75) is 6.42 Å². The third-order valence-electron chi connectivity index (χ3n) is 5.40. The molecule has 0 spiro atoms. The molecular formula is C23H14. The first-order chi connectivity index (χ1) is 11.4. The van der Waals surface area contributed by atoms with Crippen LogP contribution in [0.1, 0.15) is 11.1 Å². The molecule has 5 aromatic carbocycles. The van der Waals surface area contributed by atoms with Gasteiger partial charge in [0.15, 0.2) is 0 Å². The summed E-state index contributed by atoms with van der Waals surface area (Å²) < 4.78 is 0. The highest BCUT2D eigenvalue weighted by atomic mass is 14.2. The normalized spacial score (nSPS) is 13.0. The molecule has 0 amide bonds. The Hall–Kier alpha value is -2.86. The monoisotopic (exact) mass is 290 g/mol. The Bertz CT molecular complexity index is 1180. The van der Waals surface area contributed by atoms with Gasteiger partial charge in [0, 0.05) is 0 Å². The second-order valence-electron chi connectivity index (χ2n) is 6.60. The van der Waals surface area contributed by atoms with Gasteiger partial charge in [0.25, 0.3) is 0 Å². The molecule has 0 N–H and O–H groups in total. The molecule has 1 aliphatic rings. The van der Waals surface area contributed by atoms with Crippen molar-refractivity contribution in [3.8, 4) is 0 Å². The second kappa shape index (κ2) is 3.91. The average Bonchev–Trinajstić information content (AvgIpc) is 2.99. The molecule has 0 aliphatic heterocycles. The topological polar surface area (TPSA) is 0 Å². The maximum Gasteiger partial charge on any atom is -0.00130 e. The van der Waals surface area contributed by atoms with Gasteiger partial charge in [0.05, 0.1) is 0 Å². The zero-order chi connectivity index (χ0) is 15.0. The van der Waals surface area contributed by atoms with Gasteiger partial charge in [-0.1, -0.05) is 60.7 Å². The van der Waals surface area contributed by atoms with Gasteiger partial charge < -0.3 is 0 Å². The summed E-state index contributed by atoms with van der Waals surface area (Å²) in [5.41, 5.74) is 2.95. The van der Waals surface area contributed by atoms with Crippen LogP contribution in [0.4, 0.5) is 0 Å². The van der Waals surface area contributed by atoms with Crippen LogP contribution in [0.5, 0.6) is 0 Å². The molecule has 0 unspecified atom stereocenters. The Labute approximate surface area is 134 Å². The molecule has 0 saturated heterocycles. The first-order valence-corrected chi connectivity index (χ1v) is 8.18. The average molecular weight is 290 g/mol. The lowest BCUT2D eigenvalue weighted by Gasteiger charge is -2.11. The summed E-state index contributed by atoms with van der Waals surface area (Å²) in [4.78, 5) is 0. The molecule has 6 rings (SSSR count). The van der Waals surface area contributed by atoms with Crippen LogP contribution in [0, 0.1) is 0 Å². The summed E-state index contributed by atoms with van der Waals surface area (Å²) in [6.07, 6.45) is 1.07. The molecule has 1 aliphatic carbocycles. The van der Waals surface area contributed by atoms with Crippen molar-refractivity contribution < 1.29 is 0 Å². The van der Waals surface area contributed by atoms with Crippen molar-refractivity contribution in [1.82, 2.24) is 0 Å². The number of rotatable bonds is 0. The first-order valence-electron chi connectivity index (χ1n) is 8.18. The summed E-state index contributed by atoms with van der Waals surface area (Å²) in [5, 5.41) is 11.2. The maximum atomic E-state index is 2.37. The van der Waals surface area contributed by atoms with Crippen molar-refractivity contribution in [2.24, 2.45) is 0 Å². The number of fused-ring (bicyclic) bond motifs is 4. The minimum absolute atomic E-state index is 1.07. The van der Waals surface area contributed by atoms with E-state index in [4.69, 9.17) is 0 Å². The summed E-state index contributed by atoms with van der Waals surface area (Å²) in [6, 6.07) is 27.0. The van der Waals surface area contributed by atoms with Crippen LogP contribution in [0.2, 0.25) is 0 Å². The van der Waals surface area contributed by atoms with Crippen LogP contribution in [0.15, 0.2) is 72.8 Å². The molecule has 0 atom stereocenters. The van der Waals surface area contributed by atoms with Crippen molar-refractivity contribution in [1.29, 1.82) is 0 Å². The van der Waals surface area contributed by atoms with E-state index in [2.05, 4.69) is 72.8 Å². The maximum absolute atomic E-state index is 2.37. The predicted molar refractivity (Wildman–Crippen MR) is 99.3 cm³/mol. The van der Waals surface area contributed by atoms with E-state index >= 15 is 0 Å². The Balaban J connectivity index is 2.03. The zero-order valence-electron chi connectivity index (χ0n) is 12.6. The SMILES string of the molecule is c1ccc2cc3c(cc2c1)c1cccc2c1c1c(cccc31)C2. The first kappa shape index (κ1) is 11.7. The van der Waals surface area contributed by atoms with Crippen molar-refractivity contribution in [3.05, 3.63) is 83.9 Å². The lowest BCUT2D eigenvalue weighted by atomic mass is 9.92. The van der Waals surface area contributed by atoms with E-state index in [-0.39, 0.29) is 0 Å². The molecule has 0 saturated carbocycles. The minimum atomic E-state index is 1.07. The smallest absolute Gasteiger partial charge is 0.00130 e. The molecule has 0 bridgehead atoms. The Morgan fingerprint density at radius 3 is 1.52 bits per heavy atom. The number of benzene rings is 5. The van der Waals surface area contributed by atoms with Gasteiger partial charge in [-0.05, 0) is 72.8 Å². The molecule has 0 heterocycles. The van der Waals surface area contributed by atoms with E-state index in [9.17, 15) is 0 Å². The quantitative estimate of drug-likeness (QED) is 0.231. The molecule has 0 fully saturated rings. The molecule has 23 heavy (non-hydrogen) atoms. The van der Waals surface area contributed by atoms with Crippen LogP contribution in [0.3, 0.4) is 0 Å². The fourth-order valence-electron chi connectivity index (χ4n) is 4.43. The fraction of sp³-hybridized carbons (Fsp3) is 0.0435. The van der Waals surface area contributed by atoms with E-state index in [0.29, 0.717) is 0 Å². The van der Waals surface area contributed by atoms with Crippen LogP contribution >= 0.6 is 0 Å². The van der Waals surface area contributed by atoms with Crippen molar-refractivity contribution >= 4 is 43.1 Å². The largest absolute Gasteiger partial charge is 0.0616 e. The van der Waals surface area contributed by atoms with Gasteiger partial charge in [-0.15, -0.1) is 0 Å². The third kappa shape index (κ3) is 1.37. The molecule has 0 heteroatoms. The van der Waals surface area contributed by atoms with E-state index in [0.717, 1.165) is 6.42 Å². The molecule has 0 radical (unpaired) electrons. The molecule has 5 aromatic rings. The molecular weight excluding hydrogens is 276 g/mol. The highest BCUT2D eigenvalue weighted by Gasteiger charge is 2.19. The molecule has 0 nitrogen and oxygen atoms in total. The van der Waals surface area contributed by atoms with Crippen LogP contribution < -0.4 is 0 Å². The molecule has 0 aromatic heterocycles. The fourth-order valence-corrected chi connectivity index (χ4v) is 4.43. The van der Waals surface area contributed by atoms with E-state index in [1.54, 1.807) is 0 Å². The van der Waals surface area contributed by atoms with E-state index < -0.39 is 0 Å². The highest BCUT2D eigenvalue weighted by molar-refractivity contribution is 6.29.